The minimum Gasteiger partial charge on any atom is -0.167 e. The molecule has 2 rings (SSSR count). The second-order valence-electron chi connectivity index (χ2n) is 4.64. The number of nitrogens with zero attached hydrogens (tertiary/aromatic N) is 2. The molecule has 2 nitrogen and oxygen atoms in total. The Morgan fingerprint density at radius 3 is 2.37 bits per heavy atom. The molecule has 2 aromatic carbocycles. The van der Waals surface area contributed by atoms with Gasteiger partial charge in [0.15, 0.2) is 0 Å². The van der Waals surface area contributed by atoms with Crippen LogP contribution in [0.4, 0.5) is 0 Å². The second kappa shape index (κ2) is 5.79. The molecule has 0 bridgehead atoms. The molecule has 19 heavy (non-hydrogen) atoms. The summed E-state index contributed by atoms with van der Waals surface area (Å²) in [7, 11) is 0. The average molecular weight is 252 g/mol. The molecular weight excluding hydrogens is 232 g/mol. The molecule has 0 heterocycles. The van der Waals surface area contributed by atoms with Crippen molar-refractivity contribution in [3.05, 3.63) is 47.0 Å². The van der Waals surface area contributed by atoms with Crippen LogP contribution in [0.3, 0.4) is 0 Å². The van der Waals surface area contributed by atoms with Crippen LogP contribution >= 0.6 is 0 Å². The summed E-state index contributed by atoms with van der Waals surface area (Å²) in [5.74, 6) is 0. The monoisotopic (exact) mass is 252 g/mol. The zero-order chi connectivity index (χ0) is 13.8. The average Bonchev–Trinajstić information content (AvgIpc) is 2.45. The maximum Gasteiger partial charge on any atom is 0.0674 e. The lowest BCUT2D eigenvalue weighted by molar-refractivity contribution is 1.12. The van der Waals surface area contributed by atoms with Crippen molar-refractivity contribution in [3.8, 4) is 0 Å². The topological polar surface area (TPSA) is 24.7 Å². The molecule has 2 aromatic rings. The van der Waals surface area contributed by atoms with Crippen molar-refractivity contribution in [2.75, 3.05) is 0 Å². The van der Waals surface area contributed by atoms with Gasteiger partial charge in [0, 0.05) is 12.3 Å². The highest BCUT2D eigenvalue weighted by atomic mass is 15.2. The van der Waals surface area contributed by atoms with Gasteiger partial charge in [-0.05, 0) is 47.7 Å². The molecule has 0 aromatic heterocycles. The van der Waals surface area contributed by atoms with Crippen molar-refractivity contribution in [1.29, 1.82) is 0 Å². The van der Waals surface area contributed by atoms with E-state index in [9.17, 15) is 0 Å². The van der Waals surface area contributed by atoms with Crippen molar-refractivity contribution >= 4 is 23.2 Å². The van der Waals surface area contributed by atoms with Gasteiger partial charge in [0.25, 0.3) is 0 Å². The molecule has 0 amide bonds. The predicted molar refractivity (Wildman–Crippen MR) is 84.5 cm³/mol. The zero-order valence-electron chi connectivity index (χ0n) is 11.9. The lowest BCUT2D eigenvalue weighted by Gasteiger charge is -2.14. The highest BCUT2D eigenvalue weighted by Gasteiger charge is 2.11. The van der Waals surface area contributed by atoms with Gasteiger partial charge in [0.1, 0.15) is 0 Å². The number of hydrogen-bond donors (Lipinski definition) is 0. The first-order chi connectivity index (χ1) is 9.22. The Kier molecular flexibility index (Phi) is 4.10. The van der Waals surface area contributed by atoms with Crippen molar-refractivity contribution in [2.24, 2.45) is 10.2 Å². The predicted octanol–water partition coefficient (Wildman–Crippen LogP) is 4.39. The minimum absolute atomic E-state index is 0.937. The third-order valence-corrected chi connectivity index (χ3v) is 3.59. The van der Waals surface area contributed by atoms with E-state index < -0.39 is 0 Å². The van der Waals surface area contributed by atoms with E-state index in [2.05, 4.69) is 61.1 Å². The third kappa shape index (κ3) is 2.43. The first-order valence-electron chi connectivity index (χ1n) is 6.77. The maximum absolute atomic E-state index is 4.12. The van der Waals surface area contributed by atoms with Gasteiger partial charge in [0.2, 0.25) is 0 Å². The fourth-order valence-electron chi connectivity index (χ4n) is 2.67. The van der Waals surface area contributed by atoms with E-state index in [4.69, 9.17) is 0 Å². The zero-order valence-corrected chi connectivity index (χ0v) is 11.9. The fourth-order valence-corrected chi connectivity index (χ4v) is 2.67. The van der Waals surface area contributed by atoms with Crippen molar-refractivity contribution in [3.63, 3.8) is 0 Å². The molecule has 0 fully saturated rings. The Balaban J connectivity index is 2.84. The molecule has 2 heteroatoms. The fraction of sp³-hybridized carbons (Fsp3) is 0.294. The quantitative estimate of drug-likeness (QED) is 0.569. The SMILES string of the molecule is C=N/N=C(\C)c1cc(CC)c2ccccc2c1CC. The number of fused-ring (bicyclic) bond motifs is 1. The van der Waals surface area contributed by atoms with E-state index in [0.29, 0.717) is 0 Å². The number of hydrogen-bond acceptors (Lipinski definition) is 2. The van der Waals surface area contributed by atoms with Crippen LogP contribution in [0.15, 0.2) is 40.5 Å². The van der Waals surface area contributed by atoms with Gasteiger partial charge in [-0.3, -0.25) is 0 Å². The van der Waals surface area contributed by atoms with Gasteiger partial charge in [0.05, 0.1) is 5.71 Å². The first kappa shape index (κ1) is 13.5. The highest BCUT2D eigenvalue weighted by molar-refractivity contribution is 6.05. The lowest BCUT2D eigenvalue weighted by atomic mass is 9.90. The molecule has 0 N–H and O–H groups in total. The van der Waals surface area contributed by atoms with Crippen molar-refractivity contribution < 1.29 is 0 Å². The summed E-state index contributed by atoms with van der Waals surface area (Å²) < 4.78 is 0. The number of benzene rings is 2. The molecule has 0 saturated carbocycles. The Bertz CT molecular complexity index is 639. The molecule has 0 radical (unpaired) electrons. The van der Waals surface area contributed by atoms with Crippen LogP contribution in [0, 0.1) is 0 Å². The molecule has 0 saturated heterocycles. The van der Waals surface area contributed by atoms with Gasteiger partial charge < -0.3 is 0 Å². The molecule has 98 valence electrons. The molecule has 0 spiro atoms. The number of rotatable bonds is 4. The Morgan fingerprint density at radius 1 is 1.11 bits per heavy atom. The van der Waals surface area contributed by atoms with Crippen LogP contribution < -0.4 is 0 Å². The van der Waals surface area contributed by atoms with Gasteiger partial charge in [-0.15, -0.1) is 0 Å². The van der Waals surface area contributed by atoms with E-state index in [1.54, 1.807) is 0 Å². The molecular formula is C17H20N2. The van der Waals surface area contributed by atoms with Crippen LogP contribution in [0.5, 0.6) is 0 Å². The summed E-state index contributed by atoms with van der Waals surface area (Å²) >= 11 is 0. The van der Waals surface area contributed by atoms with Crippen LogP contribution in [0.25, 0.3) is 10.8 Å². The smallest absolute Gasteiger partial charge is 0.0674 e. The molecule has 0 unspecified atom stereocenters. The molecule has 0 aliphatic heterocycles. The summed E-state index contributed by atoms with van der Waals surface area (Å²) in [6, 6.07) is 10.9. The summed E-state index contributed by atoms with van der Waals surface area (Å²) in [5, 5.41) is 10.5. The highest BCUT2D eigenvalue weighted by Crippen LogP contribution is 2.28. The Hall–Kier alpha value is -1.96. The van der Waals surface area contributed by atoms with E-state index >= 15 is 0 Å². The molecule has 0 aliphatic carbocycles. The third-order valence-electron chi connectivity index (χ3n) is 3.59. The molecule has 0 atom stereocenters. The second-order valence-corrected chi connectivity index (χ2v) is 4.64. The summed E-state index contributed by atoms with van der Waals surface area (Å²) in [6.07, 6.45) is 2.01. The van der Waals surface area contributed by atoms with Crippen LogP contribution in [0.2, 0.25) is 0 Å². The molecule has 0 aliphatic rings. The number of aryl methyl sites for hydroxylation is 2. The lowest BCUT2D eigenvalue weighted by Crippen LogP contribution is -2.03. The minimum atomic E-state index is 0.937. The van der Waals surface area contributed by atoms with Crippen LogP contribution in [-0.4, -0.2) is 12.4 Å². The summed E-state index contributed by atoms with van der Waals surface area (Å²) in [5.41, 5.74) is 4.84. The Labute approximate surface area is 114 Å². The van der Waals surface area contributed by atoms with Gasteiger partial charge in [-0.1, -0.05) is 38.1 Å². The van der Waals surface area contributed by atoms with Gasteiger partial charge >= 0.3 is 0 Å². The van der Waals surface area contributed by atoms with Gasteiger partial charge in [-0.2, -0.15) is 10.2 Å². The van der Waals surface area contributed by atoms with Gasteiger partial charge in [-0.25, -0.2) is 0 Å². The van der Waals surface area contributed by atoms with E-state index in [-0.39, 0.29) is 0 Å². The van der Waals surface area contributed by atoms with Crippen molar-refractivity contribution in [1.82, 2.24) is 0 Å². The first-order valence-corrected chi connectivity index (χ1v) is 6.77. The standard InChI is InChI=1S/C17H20N2/c1-5-13-11-17(12(3)19-18-4)14(6-2)16-10-8-7-9-15(13)16/h7-11H,4-6H2,1-3H3/b19-12+. The van der Waals surface area contributed by atoms with Crippen LogP contribution in [-0.2, 0) is 12.8 Å². The largest absolute Gasteiger partial charge is 0.167 e. The van der Waals surface area contributed by atoms with E-state index in [1.165, 1.54) is 27.5 Å². The summed E-state index contributed by atoms with van der Waals surface area (Å²) in [4.78, 5) is 0. The van der Waals surface area contributed by atoms with Crippen molar-refractivity contribution in [2.45, 2.75) is 33.6 Å². The van der Waals surface area contributed by atoms with E-state index in [1.807, 2.05) is 6.92 Å². The Morgan fingerprint density at radius 2 is 1.79 bits per heavy atom. The van der Waals surface area contributed by atoms with Crippen LogP contribution in [0.1, 0.15) is 37.5 Å². The maximum atomic E-state index is 4.12. The normalized spacial score (nSPS) is 11.8. The van der Waals surface area contributed by atoms with E-state index in [0.717, 1.165) is 18.6 Å². The summed E-state index contributed by atoms with van der Waals surface area (Å²) in [6.45, 7) is 9.82.